The van der Waals surface area contributed by atoms with E-state index >= 15 is 0 Å². The van der Waals surface area contributed by atoms with Crippen molar-refractivity contribution in [3.05, 3.63) is 29.3 Å². The molecule has 1 atom stereocenters. The molecule has 1 aromatic carbocycles. The quantitative estimate of drug-likeness (QED) is 0.847. The van der Waals surface area contributed by atoms with Crippen molar-refractivity contribution in [3.63, 3.8) is 0 Å². The molecule has 1 N–H and O–H groups in total. The molecule has 0 saturated carbocycles. The van der Waals surface area contributed by atoms with E-state index in [4.69, 9.17) is 0 Å². The van der Waals surface area contributed by atoms with Crippen LogP contribution < -0.4 is 4.90 Å². The van der Waals surface area contributed by atoms with Gasteiger partial charge in [0, 0.05) is 24.7 Å². The molecule has 1 aromatic rings. The highest BCUT2D eigenvalue weighted by Gasteiger charge is 2.23. The Morgan fingerprint density at radius 1 is 1.18 bits per heavy atom. The topological polar surface area (TPSA) is 23.5 Å². The maximum Gasteiger partial charge on any atom is 0.0501 e. The van der Waals surface area contributed by atoms with Crippen molar-refractivity contribution in [2.24, 2.45) is 5.41 Å². The number of hydrogen-bond donors (Lipinski definition) is 1. The van der Waals surface area contributed by atoms with E-state index in [-0.39, 0.29) is 12.0 Å². The van der Waals surface area contributed by atoms with Crippen molar-refractivity contribution < 1.29 is 5.11 Å². The summed E-state index contributed by atoms with van der Waals surface area (Å²) >= 11 is 0. The summed E-state index contributed by atoms with van der Waals surface area (Å²) in [6.45, 7) is 9.62. The summed E-state index contributed by atoms with van der Waals surface area (Å²) in [6.07, 6.45) is 0.985. The predicted octanol–water partition coefficient (Wildman–Crippen LogP) is 3.15. The average molecular weight is 235 g/mol. The van der Waals surface area contributed by atoms with E-state index in [0.29, 0.717) is 0 Å². The third-order valence-corrected chi connectivity index (χ3v) is 3.50. The van der Waals surface area contributed by atoms with E-state index in [9.17, 15) is 5.11 Å². The van der Waals surface area contributed by atoms with Gasteiger partial charge in [0.1, 0.15) is 0 Å². The highest BCUT2D eigenvalue weighted by Crippen LogP contribution is 2.25. The smallest absolute Gasteiger partial charge is 0.0501 e. The van der Waals surface area contributed by atoms with E-state index in [1.54, 1.807) is 0 Å². The van der Waals surface area contributed by atoms with Crippen LogP contribution in [0.25, 0.3) is 0 Å². The molecule has 0 fully saturated rings. The maximum absolute atomic E-state index is 9.46. The standard InChI is InChI=1S/C15H25NO/c1-6-15(4,11-17)10-16(5)14-8-12(2)7-13(3)9-14/h7-9,17H,6,10-11H2,1-5H3. The van der Waals surface area contributed by atoms with Crippen molar-refractivity contribution in [1.82, 2.24) is 0 Å². The van der Waals surface area contributed by atoms with Gasteiger partial charge in [0.2, 0.25) is 0 Å². The van der Waals surface area contributed by atoms with E-state index in [1.807, 2.05) is 0 Å². The molecule has 2 heteroatoms. The van der Waals surface area contributed by atoms with Gasteiger partial charge in [-0.25, -0.2) is 0 Å². The summed E-state index contributed by atoms with van der Waals surface area (Å²) in [5, 5.41) is 9.46. The van der Waals surface area contributed by atoms with Crippen LogP contribution in [0.4, 0.5) is 5.69 Å². The molecule has 96 valence electrons. The van der Waals surface area contributed by atoms with Crippen LogP contribution in [0.1, 0.15) is 31.4 Å². The van der Waals surface area contributed by atoms with Crippen LogP contribution in [-0.2, 0) is 0 Å². The third kappa shape index (κ3) is 3.74. The van der Waals surface area contributed by atoms with Crippen molar-refractivity contribution in [3.8, 4) is 0 Å². The third-order valence-electron chi connectivity index (χ3n) is 3.50. The Morgan fingerprint density at radius 2 is 1.71 bits per heavy atom. The molecule has 0 spiro atoms. The first-order valence-electron chi connectivity index (χ1n) is 6.30. The van der Waals surface area contributed by atoms with Crippen molar-refractivity contribution in [2.75, 3.05) is 25.1 Å². The summed E-state index contributed by atoms with van der Waals surface area (Å²) in [6, 6.07) is 6.57. The minimum absolute atomic E-state index is 0.0214. The molecular formula is C15H25NO. The van der Waals surface area contributed by atoms with Gasteiger partial charge in [-0.3, -0.25) is 0 Å². The van der Waals surface area contributed by atoms with Gasteiger partial charge in [-0.05, 0) is 43.5 Å². The van der Waals surface area contributed by atoms with Gasteiger partial charge >= 0.3 is 0 Å². The molecule has 1 rings (SSSR count). The summed E-state index contributed by atoms with van der Waals surface area (Å²) in [4.78, 5) is 2.24. The summed E-state index contributed by atoms with van der Waals surface area (Å²) < 4.78 is 0. The first kappa shape index (κ1) is 14.0. The molecule has 0 heterocycles. The lowest BCUT2D eigenvalue weighted by molar-refractivity contribution is 0.144. The molecule has 0 radical (unpaired) electrons. The lowest BCUT2D eigenvalue weighted by Crippen LogP contribution is -2.35. The highest BCUT2D eigenvalue weighted by molar-refractivity contribution is 5.50. The van der Waals surface area contributed by atoms with Crippen LogP contribution in [-0.4, -0.2) is 25.3 Å². The van der Waals surface area contributed by atoms with Crippen LogP contribution in [0.3, 0.4) is 0 Å². The van der Waals surface area contributed by atoms with Crippen LogP contribution in [0.15, 0.2) is 18.2 Å². The van der Waals surface area contributed by atoms with Crippen molar-refractivity contribution >= 4 is 5.69 Å². The monoisotopic (exact) mass is 235 g/mol. The predicted molar refractivity (Wildman–Crippen MR) is 74.7 cm³/mol. The fraction of sp³-hybridized carbons (Fsp3) is 0.600. The second kappa shape index (κ2) is 5.54. The van der Waals surface area contributed by atoms with Gasteiger partial charge in [0.15, 0.2) is 0 Å². The second-order valence-electron chi connectivity index (χ2n) is 5.52. The summed E-state index contributed by atoms with van der Waals surface area (Å²) in [5.74, 6) is 0. The highest BCUT2D eigenvalue weighted by atomic mass is 16.3. The Balaban J connectivity index is 2.85. The van der Waals surface area contributed by atoms with E-state index in [1.165, 1.54) is 16.8 Å². The maximum atomic E-state index is 9.46. The Labute approximate surface area is 105 Å². The number of rotatable bonds is 5. The molecule has 0 saturated heterocycles. The first-order valence-corrected chi connectivity index (χ1v) is 6.30. The molecule has 0 amide bonds. The van der Waals surface area contributed by atoms with Gasteiger partial charge in [0.05, 0.1) is 6.61 Å². The van der Waals surface area contributed by atoms with Gasteiger partial charge < -0.3 is 10.0 Å². The number of aliphatic hydroxyl groups excluding tert-OH is 1. The number of aryl methyl sites for hydroxylation is 2. The van der Waals surface area contributed by atoms with Gasteiger partial charge in [0.25, 0.3) is 0 Å². The first-order chi connectivity index (χ1) is 7.90. The van der Waals surface area contributed by atoms with Gasteiger partial charge in [-0.15, -0.1) is 0 Å². The minimum Gasteiger partial charge on any atom is -0.396 e. The summed E-state index contributed by atoms with van der Waals surface area (Å²) in [7, 11) is 2.10. The SMILES string of the molecule is CCC(C)(CO)CN(C)c1cc(C)cc(C)c1. The van der Waals surface area contributed by atoms with Crippen LogP contribution in [0.5, 0.6) is 0 Å². The number of anilines is 1. The molecule has 1 unspecified atom stereocenters. The number of nitrogens with zero attached hydrogens (tertiary/aromatic N) is 1. The number of benzene rings is 1. The average Bonchev–Trinajstić information content (AvgIpc) is 2.27. The number of hydrogen-bond acceptors (Lipinski definition) is 2. The minimum atomic E-state index is -0.0214. The fourth-order valence-corrected chi connectivity index (χ4v) is 2.11. The zero-order valence-electron chi connectivity index (χ0n) is 11.7. The lowest BCUT2D eigenvalue weighted by Gasteiger charge is -2.32. The molecule has 0 aliphatic heterocycles. The largest absolute Gasteiger partial charge is 0.396 e. The van der Waals surface area contributed by atoms with Crippen molar-refractivity contribution in [2.45, 2.75) is 34.1 Å². The number of aliphatic hydroxyl groups is 1. The van der Waals surface area contributed by atoms with Crippen LogP contribution in [0.2, 0.25) is 0 Å². The molecule has 17 heavy (non-hydrogen) atoms. The fourth-order valence-electron chi connectivity index (χ4n) is 2.11. The molecule has 0 bridgehead atoms. The second-order valence-corrected chi connectivity index (χ2v) is 5.52. The zero-order chi connectivity index (χ0) is 13.1. The molecule has 0 aromatic heterocycles. The van der Waals surface area contributed by atoms with Crippen molar-refractivity contribution in [1.29, 1.82) is 0 Å². The Morgan fingerprint density at radius 3 is 2.12 bits per heavy atom. The Hall–Kier alpha value is -1.02. The van der Waals surface area contributed by atoms with Gasteiger partial charge in [-0.2, -0.15) is 0 Å². The Kier molecular flexibility index (Phi) is 4.58. The molecular weight excluding hydrogens is 210 g/mol. The zero-order valence-corrected chi connectivity index (χ0v) is 11.7. The molecule has 2 nitrogen and oxygen atoms in total. The normalized spacial score (nSPS) is 14.5. The van der Waals surface area contributed by atoms with Crippen LogP contribution in [0, 0.1) is 19.3 Å². The Bertz CT molecular complexity index is 349. The summed E-state index contributed by atoms with van der Waals surface area (Å²) in [5.41, 5.74) is 3.78. The lowest BCUT2D eigenvalue weighted by atomic mass is 9.88. The molecule has 0 aliphatic rings. The van der Waals surface area contributed by atoms with E-state index in [2.05, 4.69) is 57.8 Å². The van der Waals surface area contributed by atoms with Crippen LogP contribution >= 0.6 is 0 Å². The van der Waals surface area contributed by atoms with E-state index < -0.39 is 0 Å². The van der Waals surface area contributed by atoms with Gasteiger partial charge in [-0.1, -0.05) is 19.9 Å². The molecule has 0 aliphatic carbocycles. The van der Waals surface area contributed by atoms with E-state index in [0.717, 1.165) is 13.0 Å².